The summed E-state index contributed by atoms with van der Waals surface area (Å²) in [5, 5.41) is 9.17. The average molecular weight is 154 g/mol. The van der Waals surface area contributed by atoms with E-state index in [9.17, 15) is 0 Å². The Hall–Kier alpha value is -1.18. The molecule has 1 aromatic rings. The fourth-order valence-corrected chi connectivity index (χ4v) is 0.800. The minimum absolute atomic E-state index is 0. The molecule has 0 aliphatic heterocycles. The summed E-state index contributed by atoms with van der Waals surface area (Å²) < 4.78 is 4.85. The van der Waals surface area contributed by atoms with Crippen molar-refractivity contribution in [3.8, 4) is 11.5 Å². The van der Waals surface area contributed by atoms with Crippen molar-refractivity contribution < 1.29 is 9.84 Å². The molecular formula is C9H14O2. The van der Waals surface area contributed by atoms with E-state index >= 15 is 0 Å². The zero-order valence-electron chi connectivity index (χ0n) is 6.09. The quantitative estimate of drug-likeness (QED) is 0.672. The van der Waals surface area contributed by atoms with Crippen LogP contribution in [0.2, 0.25) is 0 Å². The van der Waals surface area contributed by atoms with Crippen molar-refractivity contribution in [1.29, 1.82) is 0 Å². The molecule has 0 aliphatic rings. The third-order valence-corrected chi connectivity index (χ3v) is 1.33. The van der Waals surface area contributed by atoms with Crippen molar-refractivity contribution >= 4 is 0 Å². The van der Waals surface area contributed by atoms with E-state index in [1.54, 1.807) is 12.1 Å². The van der Waals surface area contributed by atoms with E-state index in [0.717, 1.165) is 5.56 Å². The Balaban J connectivity index is 0.000001000. The average Bonchev–Trinajstić information content (AvgIpc) is 1.88. The molecule has 0 fully saturated rings. The van der Waals surface area contributed by atoms with Crippen LogP contribution in [0.3, 0.4) is 0 Å². The van der Waals surface area contributed by atoms with Gasteiger partial charge in [-0.2, -0.15) is 0 Å². The lowest BCUT2D eigenvalue weighted by molar-refractivity contribution is 0.373. The summed E-state index contributed by atoms with van der Waals surface area (Å²) in [6, 6.07) is 5.29. The van der Waals surface area contributed by atoms with Crippen LogP contribution in [0.25, 0.3) is 0 Å². The molecule has 11 heavy (non-hydrogen) atoms. The second-order valence-electron chi connectivity index (χ2n) is 2.18. The number of phenolic OH excluding ortho intramolecular Hbond substituents is 1. The molecule has 1 rings (SSSR count). The Morgan fingerprint density at radius 1 is 1.36 bits per heavy atom. The summed E-state index contributed by atoms with van der Waals surface area (Å²) in [5.74, 6) is 0.716. The topological polar surface area (TPSA) is 29.5 Å². The van der Waals surface area contributed by atoms with E-state index in [1.165, 1.54) is 7.11 Å². The number of ether oxygens (including phenoxy) is 1. The number of benzene rings is 1. The van der Waals surface area contributed by atoms with E-state index in [-0.39, 0.29) is 13.2 Å². The van der Waals surface area contributed by atoms with Gasteiger partial charge in [-0.3, -0.25) is 0 Å². The van der Waals surface area contributed by atoms with Crippen molar-refractivity contribution in [2.24, 2.45) is 0 Å². The first-order valence-corrected chi connectivity index (χ1v) is 3.07. The normalized spacial score (nSPS) is 8.55. The van der Waals surface area contributed by atoms with Crippen LogP contribution in [-0.4, -0.2) is 12.2 Å². The van der Waals surface area contributed by atoms with Crippen molar-refractivity contribution in [1.82, 2.24) is 0 Å². The van der Waals surface area contributed by atoms with Gasteiger partial charge in [0.15, 0.2) is 11.5 Å². The largest absolute Gasteiger partial charge is 0.504 e. The molecule has 1 aromatic carbocycles. The lowest BCUT2D eigenvalue weighted by Crippen LogP contribution is -1.82. The summed E-state index contributed by atoms with van der Waals surface area (Å²) in [7, 11) is 1.53. The van der Waals surface area contributed by atoms with Crippen molar-refractivity contribution in [3.05, 3.63) is 23.8 Å². The first-order valence-electron chi connectivity index (χ1n) is 3.07. The van der Waals surface area contributed by atoms with Gasteiger partial charge in [-0.15, -0.1) is 0 Å². The molecule has 0 aromatic heterocycles. The first-order chi connectivity index (χ1) is 4.74. The van der Waals surface area contributed by atoms with Crippen LogP contribution in [0, 0.1) is 6.92 Å². The minimum Gasteiger partial charge on any atom is -0.504 e. The van der Waals surface area contributed by atoms with E-state index < -0.39 is 0 Å². The lowest BCUT2D eigenvalue weighted by atomic mass is 10.2. The van der Waals surface area contributed by atoms with E-state index in [0.29, 0.717) is 5.75 Å². The molecule has 2 nitrogen and oxygen atoms in total. The zero-order chi connectivity index (χ0) is 7.56. The van der Waals surface area contributed by atoms with Crippen molar-refractivity contribution in [2.45, 2.75) is 14.4 Å². The van der Waals surface area contributed by atoms with Crippen LogP contribution < -0.4 is 4.74 Å². The van der Waals surface area contributed by atoms with Gasteiger partial charge in [0.2, 0.25) is 0 Å². The number of hydrogen-bond donors (Lipinski definition) is 1. The van der Waals surface area contributed by atoms with Gasteiger partial charge in [0, 0.05) is 0 Å². The van der Waals surface area contributed by atoms with Gasteiger partial charge >= 0.3 is 0 Å². The van der Waals surface area contributed by atoms with Gasteiger partial charge in [-0.1, -0.05) is 13.5 Å². The Kier molecular flexibility index (Phi) is 3.45. The fraction of sp³-hybridized carbons (Fsp3) is 0.333. The summed E-state index contributed by atoms with van der Waals surface area (Å²) in [6.45, 7) is 1.92. The minimum atomic E-state index is 0. The van der Waals surface area contributed by atoms with Gasteiger partial charge in [0.1, 0.15) is 0 Å². The number of methoxy groups -OCH3 is 1. The second-order valence-corrected chi connectivity index (χ2v) is 2.18. The lowest BCUT2D eigenvalue weighted by Gasteiger charge is -2.01. The van der Waals surface area contributed by atoms with E-state index in [2.05, 4.69) is 0 Å². The molecule has 62 valence electrons. The fourth-order valence-electron chi connectivity index (χ4n) is 0.800. The molecule has 0 atom stereocenters. The Labute approximate surface area is 67.4 Å². The van der Waals surface area contributed by atoms with E-state index in [4.69, 9.17) is 9.84 Å². The molecule has 0 bridgehead atoms. The van der Waals surface area contributed by atoms with Crippen LogP contribution in [0.15, 0.2) is 18.2 Å². The monoisotopic (exact) mass is 154 g/mol. The maximum Gasteiger partial charge on any atom is 0.160 e. The Bertz CT molecular complexity index is 231. The highest BCUT2D eigenvalue weighted by molar-refractivity contribution is 5.41. The molecule has 0 radical (unpaired) electrons. The Morgan fingerprint density at radius 2 is 2.00 bits per heavy atom. The van der Waals surface area contributed by atoms with Crippen LogP contribution >= 0.6 is 0 Å². The molecule has 0 saturated heterocycles. The molecule has 1 N–H and O–H groups in total. The molecular weight excluding hydrogens is 140 g/mol. The first kappa shape index (κ1) is 9.82. The molecule has 0 aliphatic carbocycles. The van der Waals surface area contributed by atoms with Gasteiger partial charge in [0.05, 0.1) is 7.11 Å². The summed E-state index contributed by atoms with van der Waals surface area (Å²) in [6.07, 6.45) is 0. The summed E-state index contributed by atoms with van der Waals surface area (Å²) in [5.41, 5.74) is 1.03. The van der Waals surface area contributed by atoms with Crippen LogP contribution in [0.4, 0.5) is 0 Å². The van der Waals surface area contributed by atoms with Crippen LogP contribution in [0.1, 0.15) is 13.0 Å². The van der Waals surface area contributed by atoms with Crippen molar-refractivity contribution in [2.75, 3.05) is 7.11 Å². The number of aryl methyl sites for hydroxylation is 1. The highest BCUT2D eigenvalue weighted by Crippen LogP contribution is 2.25. The number of aromatic hydroxyl groups is 1. The molecule has 0 unspecified atom stereocenters. The van der Waals surface area contributed by atoms with Crippen molar-refractivity contribution in [3.63, 3.8) is 0 Å². The Morgan fingerprint density at radius 3 is 2.45 bits per heavy atom. The second kappa shape index (κ2) is 3.86. The number of phenols is 1. The molecule has 0 spiro atoms. The highest BCUT2D eigenvalue weighted by atomic mass is 16.5. The SMILES string of the molecule is C.COc1ccc(C)cc1O. The molecule has 2 heteroatoms. The smallest absolute Gasteiger partial charge is 0.160 e. The van der Waals surface area contributed by atoms with Crippen LogP contribution in [-0.2, 0) is 0 Å². The third kappa shape index (κ3) is 2.15. The molecule has 0 amide bonds. The number of hydrogen-bond acceptors (Lipinski definition) is 2. The van der Waals surface area contributed by atoms with E-state index in [1.807, 2.05) is 13.0 Å². The van der Waals surface area contributed by atoms with Gasteiger partial charge in [-0.25, -0.2) is 0 Å². The summed E-state index contributed by atoms with van der Waals surface area (Å²) in [4.78, 5) is 0. The number of rotatable bonds is 1. The summed E-state index contributed by atoms with van der Waals surface area (Å²) >= 11 is 0. The predicted octanol–water partition coefficient (Wildman–Crippen LogP) is 2.35. The van der Waals surface area contributed by atoms with Gasteiger partial charge in [-0.05, 0) is 24.6 Å². The zero-order valence-corrected chi connectivity index (χ0v) is 6.09. The molecule has 0 saturated carbocycles. The highest BCUT2D eigenvalue weighted by Gasteiger charge is 1.97. The predicted molar refractivity (Wildman–Crippen MR) is 46.1 cm³/mol. The van der Waals surface area contributed by atoms with Crippen LogP contribution in [0.5, 0.6) is 11.5 Å². The van der Waals surface area contributed by atoms with Gasteiger partial charge < -0.3 is 9.84 Å². The standard InChI is InChI=1S/C8H10O2.CH4/c1-6-3-4-8(10-2)7(9)5-6;/h3-5,9H,1-2H3;1H4. The maximum absolute atomic E-state index is 9.17. The maximum atomic E-state index is 9.17. The van der Waals surface area contributed by atoms with Gasteiger partial charge in [0.25, 0.3) is 0 Å². The third-order valence-electron chi connectivity index (χ3n) is 1.33. The molecule has 0 heterocycles.